The number of amides is 2. The quantitative estimate of drug-likeness (QED) is 0.773. The first kappa shape index (κ1) is 15.9. The molecule has 21 heavy (non-hydrogen) atoms. The highest BCUT2D eigenvalue weighted by Gasteiger charge is 2.22. The number of carbonyl (C=O) groups is 1. The molecule has 0 saturated carbocycles. The van der Waals surface area contributed by atoms with Gasteiger partial charge in [0.25, 0.3) is 0 Å². The lowest BCUT2D eigenvalue weighted by molar-refractivity contribution is 0.242. The zero-order valence-electron chi connectivity index (χ0n) is 11.8. The monoisotopic (exact) mass is 366 g/mol. The Bertz CT molecular complexity index is 641. The highest BCUT2D eigenvalue weighted by Crippen LogP contribution is 2.22. The Hall–Kier alpha value is -1.52. The third-order valence-electron chi connectivity index (χ3n) is 3.07. The molecule has 0 saturated heterocycles. The summed E-state index contributed by atoms with van der Waals surface area (Å²) in [6.07, 6.45) is 0. The van der Waals surface area contributed by atoms with Crippen LogP contribution in [0.3, 0.4) is 0 Å². The van der Waals surface area contributed by atoms with E-state index in [1.165, 1.54) is 0 Å². The number of rotatable bonds is 3. The van der Waals surface area contributed by atoms with Crippen LogP contribution >= 0.6 is 27.5 Å². The summed E-state index contributed by atoms with van der Waals surface area (Å²) in [6, 6.07) is 14.6. The molecule has 0 aromatic heterocycles. The van der Waals surface area contributed by atoms with Crippen molar-refractivity contribution >= 4 is 39.2 Å². The number of hydrogen-bond acceptors (Lipinski definition) is 1. The Morgan fingerprint density at radius 3 is 2.43 bits per heavy atom. The largest absolute Gasteiger partial charge is 0.329 e. The number of halogens is 2. The van der Waals surface area contributed by atoms with Crippen LogP contribution in [-0.4, -0.2) is 6.03 Å². The van der Waals surface area contributed by atoms with Gasteiger partial charge >= 0.3 is 6.03 Å². The SMILES string of the molecule is CC(C)(NC(=O)Nc1cccc(Br)c1)c1ccc(Cl)cc1. The van der Waals surface area contributed by atoms with Crippen molar-refractivity contribution in [3.05, 3.63) is 63.6 Å². The van der Waals surface area contributed by atoms with Crippen molar-refractivity contribution in [3.8, 4) is 0 Å². The van der Waals surface area contributed by atoms with Crippen LogP contribution in [0.25, 0.3) is 0 Å². The van der Waals surface area contributed by atoms with Gasteiger partial charge in [0, 0.05) is 15.2 Å². The molecule has 2 aromatic rings. The van der Waals surface area contributed by atoms with Crippen molar-refractivity contribution in [3.63, 3.8) is 0 Å². The molecule has 0 heterocycles. The third-order valence-corrected chi connectivity index (χ3v) is 3.82. The molecule has 0 radical (unpaired) electrons. The highest BCUT2D eigenvalue weighted by atomic mass is 79.9. The summed E-state index contributed by atoms with van der Waals surface area (Å²) >= 11 is 9.26. The number of anilines is 1. The zero-order chi connectivity index (χ0) is 15.5. The van der Waals surface area contributed by atoms with Crippen LogP contribution in [0.15, 0.2) is 53.0 Å². The van der Waals surface area contributed by atoms with E-state index in [2.05, 4.69) is 26.6 Å². The van der Waals surface area contributed by atoms with Crippen molar-refractivity contribution in [2.75, 3.05) is 5.32 Å². The molecule has 2 amide bonds. The van der Waals surface area contributed by atoms with E-state index in [1.807, 2.05) is 62.4 Å². The van der Waals surface area contributed by atoms with Crippen LogP contribution in [0.4, 0.5) is 10.5 Å². The molecule has 3 nitrogen and oxygen atoms in total. The van der Waals surface area contributed by atoms with Crippen LogP contribution in [0, 0.1) is 0 Å². The van der Waals surface area contributed by atoms with Gasteiger partial charge in [-0.2, -0.15) is 0 Å². The van der Waals surface area contributed by atoms with Gasteiger partial charge in [-0.3, -0.25) is 0 Å². The summed E-state index contributed by atoms with van der Waals surface area (Å²) in [7, 11) is 0. The van der Waals surface area contributed by atoms with E-state index in [4.69, 9.17) is 11.6 Å². The number of hydrogen-bond donors (Lipinski definition) is 2. The third kappa shape index (κ3) is 4.48. The summed E-state index contributed by atoms with van der Waals surface area (Å²) < 4.78 is 0.914. The fraction of sp³-hybridized carbons (Fsp3) is 0.188. The minimum atomic E-state index is -0.499. The van der Waals surface area contributed by atoms with Crippen LogP contribution < -0.4 is 10.6 Å². The fourth-order valence-electron chi connectivity index (χ4n) is 1.95. The van der Waals surface area contributed by atoms with E-state index in [1.54, 1.807) is 0 Å². The predicted molar refractivity (Wildman–Crippen MR) is 90.8 cm³/mol. The first-order valence-corrected chi connectivity index (χ1v) is 7.65. The second-order valence-electron chi connectivity index (χ2n) is 5.22. The van der Waals surface area contributed by atoms with E-state index in [0.29, 0.717) is 5.02 Å². The van der Waals surface area contributed by atoms with Gasteiger partial charge in [0.2, 0.25) is 0 Å². The average Bonchev–Trinajstić information content (AvgIpc) is 2.38. The molecular formula is C16H16BrClN2O. The van der Waals surface area contributed by atoms with Crippen LogP contribution in [0.5, 0.6) is 0 Å². The van der Waals surface area contributed by atoms with E-state index >= 15 is 0 Å². The van der Waals surface area contributed by atoms with Gasteiger partial charge in [-0.15, -0.1) is 0 Å². The molecule has 0 bridgehead atoms. The van der Waals surface area contributed by atoms with E-state index in [0.717, 1.165) is 15.7 Å². The standard InChI is InChI=1S/C16H16BrClN2O/c1-16(2,11-6-8-13(18)9-7-11)20-15(21)19-14-5-3-4-12(17)10-14/h3-10H,1-2H3,(H2,19,20,21). The Morgan fingerprint density at radius 1 is 1.14 bits per heavy atom. The Balaban J connectivity index is 2.05. The minimum absolute atomic E-state index is 0.256. The van der Waals surface area contributed by atoms with Crippen molar-refractivity contribution in [2.24, 2.45) is 0 Å². The molecule has 0 unspecified atom stereocenters. The Kier molecular flexibility index (Phi) is 4.91. The predicted octanol–water partition coefficient (Wildman–Crippen LogP) is 5.16. The second kappa shape index (κ2) is 6.50. The number of carbonyl (C=O) groups excluding carboxylic acids is 1. The molecule has 5 heteroatoms. The summed E-state index contributed by atoms with van der Waals surface area (Å²) in [5.74, 6) is 0. The molecule has 0 atom stereocenters. The lowest BCUT2D eigenvalue weighted by Crippen LogP contribution is -2.43. The molecule has 0 aliphatic heterocycles. The summed E-state index contributed by atoms with van der Waals surface area (Å²) in [6.45, 7) is 3.88. The molecular weight excluding hydrogens is 352 g/mol. The van der Waals surface area contributed by atoms with Gasteiger partial charge < -0.3 is 10.6 Å². The van der Waals surface area contributed by atoms with Crippen LogP contribution in [0.1, 0.15) is 19.4 Å². The minimum Gasteiger partial charge on any atom is -0.329 e. The van der Waals surface area contributed by atoms with Gasteiger partial charge in [0.15, 0.2) is 0 Å². The fourth-order valence-corrected chi connectivity index (χ4v) is 2.48. The molecule has 0 aliphatic carbocycles. The van der Waals surface area contributed by atoms with Gasteiger partial charge in [-0.25, -0.2) is 4.79 Å². The topological polar surface area (TPSA) is 41.1 Å². The number of benzene rings is 2. The van der Waals surface area contributed by atoms with Crippen molar-refractivity contribution in [2.45, 2.75) is 19.4 Å². The molecule has 0 fully saturated rings. The Labute approximate surface area is 137 Å². The van der Waals surface area contributed by atoms with Crippen LogP contribution in [-0.2, 0) is 5.54 Å². The maximum Gasteiger partial charge on any atom is 0.319 e. The number of urea groups is 1. The Morgan fingerprint density at radius 2 is 1.81 bits per heavy atom. The smallest absolute Gasteiger partial charge is 0.319 e. The van der Waals surface area contributed by atoms with Crippen molar-refractivity contribution in [1.29, 1.82) is 0 Å². The lowest BCUT2D eigenvalue weighted by Gasteiger charge is -2.27. The maximum absolute atomic E-state index is 12.1. The van der Waals surface area contributed by atoms with Gasteiger partial charge in [-0.05, 0) is 49.7 Å². The molecule has 0 spiro atoms. The average molecular weight is 368 g/mol. The molecule has 0 aliphatic rings. The summed E-state index contributed by atoms with van der Waals surface area (Å²) in [5.41, 5.74) is 1.21. The summed E-state index contributed by atoms with van der Waals surface area (Å²) in [5, 5.41) is 6.44. The second-order valence-corrected chi connectivity index (χ2v) is 6.57. The summed E-state index contributed by atoms with van der Waals surface area (Å²) in [4.78, 5) is 12.1. The molecule has 2 N–H and O–H groups in total. The van der Waals surface area contributed by atoms with Gasteiger partial charge in [-0.1, -0.05) is 45.7 Å². The first-order valence-electron chi connectivity index (χ1n) is 6.47. The van der Waals surface area contributed by atoms with E-state index < -0.39 is 5.54 Å². The van der Waals surface area contributed by atoms with E-state index in [9.17, 15) is 4.79 Å². The van der Waals surface area contributed by atoms with E-state index in [-0.39, 0.29) is 6.03 Å². The normalized spacial score (nSPS) is 11.0. The van der Waals surface area contributed by atoms with Gasteiger partial charge in [0.05, 0.1) is 5.54 Å². The van der Waals surface area contributed by atoms with Crippen molar-refractivity contribution < 1.29 is 4.79 Å². The zero-order valence-corrected chi connectivity index (χ0v) is 14.1. The van der Waals surface area contributed by atoms with Crippen molar-refractivity contribution in [1.82, 2.24) is 5.32 Å². The number of nitrogens with one attached hydrogen (secondary N) is 2. The van der Waals surface area contributed by atoms with Gasteiger partial charge in [0.1, 0.15) is 0 Å². The maximum atomic E-state index is 12.1. The molecule has 2 rings (SSSR count). The van der Waals surface area contributed by atoms with Crippen LogP contribution in [0.2, 0.25) is 5.02 Å². The first-order chi connectivity index (χ1) is 9.87. The highest BCUT2D eigenvalue weighted by molar-refractivity contribution is 9.10. The molecule has 110 valence electrons. The molecule has 2 aromatic carbocycles. The lowest BCUT2D eigenvalue weighted by atomic mass is 9.94.